The van der Waals surface area contributed by atoms with E-state index < -0.39 is 23.4 Å². The first-order valence-electron chi connectivity index (χ1n) is 6.10. The Balaban J connectivity index is 1.90. The van der Waals surface area contributed by atoms with Crippen LogP contribution in [-0.2, 0) is 0 Å². The summed E-state index contributed by atoms with van der Waals surface area (Å²) in [5.74, 6) is -3.13. The van der Waals surface area contributed by atoms with E-state index in [-0.39, 0.29) is 23.7 Å². The van der Waals surface area contributed by atoms with Gasteiger partial charge in [-0.25, -0.2) is 8.78 Å². The molecule has 1 unspecified atom stereocenters. The van der Waals surface area contributed by atoms with Crippen molar-refractivity contribution in [3.05, 3.63) is 34.9 Å². The van der Waals surface area contributed by atoms with Crippen LogP contribution in [0.25, 0.3) is 0 Å². The van der Waals surface area contributed by atoms with Gasteiger partial charge in [0.2, 0.25) is 0 Å². The normalized spacial score (nSPS) is 19.8. The van der Waals surface area contributed by atoms with E-state index in [2.05, 4.69) is 0 Å². The van der Waals surface area contributed by atoms with Crippen molar-refractivity contribution < 1.29 is 18.4 Å². The van der Waals surface area contributed by atoms with Crippen molar-refractivity contribution >= 4 is 11.8 Å². The number of benzene rings is 1. The summed E-state index contributed by atoms with van der Waals surface area (Å²) in [7, 11) is 0. The molecule has 100 valence electrons. The van der Waals surface area contributed by atoms with E-state index >= 15 is 0 Å². The molecule has 1 fully saturated rings. The zero-order valence-electron chi connectivity index (χ0n) is 10.0. The second-order valence-corrected chi connectivity index (χ2v) is 5.03. The quantitative estimate of drug-likeness (QED) is 0.839. The molecule has 2 aliphatic rings. The topological polar surface area (TPSA) is 63.4 Å². The molecule has 1 heterocycles. The first kappa shape index (κ1) is 12.2. The van der Waals surface area contributed by atoms with Crippen molar-refractivity contribution in [2.75, 3.05) is 6.54 Å². The lowest BCUT2D eigenvalue weighted by Gasteiger charge is -2.18. The zero-order chi connectivity index (χ0) is 13.7. The molecule has 1 atom stereocenters. The molecule has 19 heavy (non-hydrogen) atoms. The molecule has 1 aliphatic heterocycles. The highest BCUT2D eigenvalue weighted by molar-refractivity contribution is 6.21. The molecular formula is C13H12F2N2O2. The molecule has 3 rings (SSSR count). The fourth-order valence-corrected chi connectivity index (χ4v) is 2.33. The van der Waals surface area contributed by atoms with Crippen LogP contribution in [0.4, 0.5) is 8.78 Å². The Morgan fingerprint density at radius 2 is 1.63 bits per heavy atom. The number of imide groups is 1. The van der Waals surface area contributed by atoms with Gasteiger partial charge in [0.15, 0.2) is 11.6 Å². The number of fused-ring (bicyclic) bond motifs is 1. The van der Waals surface area contributed by atoms with Crippen molar-refractivity contribution in [3.8, 4) is 0 Å². The van der Waals surface area contributed by atoms with E-state index in [0.717, 1.165) is 29.9 Å². The predicted molar refractivity (Wildman–Crippen MR) is 62.4 cm³/mol. The highest BCUT2D eigenvalue weighted by atomic mass is 19.2. The van der Waals surface area contributed by atoms with Gasteiger partial charge in [0, 0.05) is 12.6 Å². The molecule has 1 aromatic carbocycles. The molecule has 2 N–H and O–H groups in total. The van der Waals surface area contributed by atoms with Crippen LogP contribution in [0.2, 0.25) is 0 Å². The second-order valence-electron chi connectivity index (χ2n) is 5.03. The first-order chi connectivity index (χ1) is 8.99. The molecule has 2 amide bonds. The van der Waals surface area contributed by atoms with Gasteiger partial charge in [-0.3, -0.25) is 14.5 Å². The van der Waals surface area contributed by atoms with Gasteiger partial charge >= 0.3 is 0 Å². The molecule has 6 heteroatoms. The van der Waals surface area contributed by atoms with Crippen molar-refractivity contribution in [1.29, 1.82) is 0 Å². The highest BCUT2D eigenvalue weighted by Crippen LogP contribution is 2.33. The van der Waals surface area contributed by atoms with Crippen molar-refractivity contribution in [2.24, 2.45) is 11.7 Å². The smallest absolute Gasteiger partial charge is 0.261 e. The van der Waals surface area contributed by atoms with E-state index in [1.54, 1.807) is 0 Å². The van der Waals surface area contributed by atoms with Crippen LogP contribution in [0.5, 0.6) is 0 Å². The number of carbonyl (C=O) groups excluding carboxylic acids is 2. The monoisotopic (exact) mass is 266 g/mol. The maximum Gasteiger partial charge on any atom is 0.261 e. The Morgan fingerprint density at radius 1 is 1.16 bits per heavy atom. The minimum absolute atomic E-state index is 0.0908. The minimum atomic E-state index is -1.13. The van der Waals surface area contributed by atoms with Crippen molar-refractivity contribution in [1.82, 2.24) is 4.90 Å². The molecule has 0 aromatic heterocycles. The number of rotatable bonds is 3. The largest absolute Gasteiger partial charge is 0.326 e. The molecule has 0 radical (unpaired) electrons. The molecule has 0 bridgehead atoms. The second kappa shape index (κ2) is 4.09. The van der Waals surface area contributed by atoms with Gasteiger partial charge in [0.1, 0.15) is 0 Å². The summed E-state index contributed by atoms with van der Waals surface area (Å²) in [6.07, 6.45) is 1.99. The van der Waals surface area contributed by atoms with E-state index in [1.807, 2.05) is 0 Å². The molecule has 4 nitrogen and oxygen atoms in total. The molecule has 0 spiro atoms. The lowest BCUT2D eigenvalue weighted by molar-refractivity contribution is 0.0641. The highest BCUT2D eigenvalue weighted by Gasteiger charge is 2.39. The number of halogens is 2. The number of hydrogen-bond acceptors (Lipinski definition) is 3. The maximum absolute atomic E-state index is 13.1. The van der Waals surface area contributed by atoms with E-state index in [9.17, 15) is 18.4 Å². The average molecular weight is 266 g/mol. The Morgan fingerprint density at radius 3 is 2.05 bits per heavy atom. The summed E-state index contributed by atoms with van der Waals surface area (Å²) < 4.78 is 26.2. The Hall–Kier alpha value is -1.82. The van der Waals surface area contributed by atoms with Gasteiger partial charge in [-0.1, -0.05) is 0 Å². The summed E-state index contributed by atoms with van der Waals surface area (Å²) in [4.78, 5) is 25.0. The van der Waals surface area contributed by atoms with Gasteiger partial charge in [0.05, 0.1) is 11.1 Å². The summed E-state index contributed by atoms with van der Waals surface area (Å²) in [5, 5.41) is 0. The fraction of sp³-hybridized carbons (Fsp3) is 0.385. The lowest BCUT2D eigenvalue weighted by Crippen LogP contribution is -2.41. The fourth-order valence-electron chi connectivity index (χ4n) is 2.33. The summed E-state index contributed by atoms with van der Waals surface area (Å²) in [6.45, 7) is 0.0975. The molecular weight excluding hydrogens is 254 g/mol. The molecule has 1 saturated carbocycles. The van der Waals surface area contributed by atoms with Crippen molar-refractivity contribution in [3.63, 3.8) is 0 Å². The summed E-state index contributed by atoms with van der Waals surface area (Å²) >= 11 is 0. The van der Waals surface area contributed by atoms with Gasteiger partial charge in [-0.2, -0.15) is 0 Å². The third-order valence-corrected chi connectivity index (χ3v) is 3.63. The number of hydrogen-bond donors (Lipinski definition) is 1. The van der Waals surface area contributed by atoms with E-state index in [0.29, 0.717) is 5.92 Å². The average Bonchev–Trinajstić information content (AvgIpc) is 3.18. The summed E-state index contributed by atoms with van der Waals surface area (Å²) in [5.41, 5.74) is 5.70. The van der Waals surface area contributed by atoms with E-state index in [4.69, 9.17) is 5.73 Å². The molecule has 1 aromatic rings. The maximum atomic E-state index is 13.1. The Labute approximate surface area is 108 Å². The van der Waals surface area contributed by atoms with Crippen LogP contribution in [0.15, 0.2) is 12.1 Å². The third-order valence-electron chi connectivity index (χ3n) is 3.63. The van der Waals surface area contributed by atoms with E-state index in [1.165, 1.54) is 0 Å². The van der Waals surface area contributed by atoms with Crippen LogP contribution in [0.1, 0.15) is 33.6 Å². The minimum Gasteiger partial charge on any atom is -0.326 e. The van der Waals surface area contributed by atoms with Crippen LogP contribution < -0.4 is 5.73 Å². The van der Waals surface area contributed by atoms with Gasteiger partial charge in [0.25, 0.3) is 11.8 Å². The van der Waals surface area contributed by atoms with Crippen LogP contribution in [-0.4, -0.2) is 29.3 Å². The number of nitrogens with zero attached hydrogens (tertiary/aromatic N) is 1. The number of carbonyl (C=O) groups is 2. The van der Waals surface area contributed by atoms with Crippen LogP contribution in [0.3, 0.4) is 0 Å². The zero-order valence-corrected chi connectivity index (χ0v) is 10.0. The first-order valence-corrected chi connectivity index (χ1v) is 6.10. The number of amides is 2. The standard InChI is InChI=1S/C13H12F2N2O2/c14-9-3-7-8(4-10(9)15)13(19)17(12(7)18)5-11(16)6-1-2-6/h3-4,6,11H,1-2,5,16H2. The van der Waals surface area contributed by atoms with Crippen molar-refractivity contribution in [2.45, 2.75) is 18.9 Å². The van der Waals surface area contributed by atoms with Gasteiger partial charge in [-0.15, -0.1) is 0 Å². The summed E-state index contributed by atoms with van der Waals surface area (Å²) in [6, 6.07) is 1.28. The van der Waals surface area contributed by atoms with Gasteiger partial charge < -0.3 is 5.73 Å². The van der Waals surface area contributed by atoms with Crippen LogP contribution in [0, 0.1) is 17.6 Å². The predicted octanol–water partition coefficient (Wildman–Crippen LogP) is 1.30. The van der Waals surface area contributed by atoms with Gasteiger partial charge in [-0.05, 0) is 30.9 Å². The third kappa shape index (κ3) is 1.92. The van der Waals surface area contributed by atoms with Crippen LogP contribution >= 0.6 is 0 Å². The number of nitrogens with two attached hydrogens (primary N) is 1. The SMILES string of the molecule is NC(CN1C(=O)c2cc(F)c(F)cc2C1=O)C1CC1. The lowest BCUT2D eigenvalue weighted by atomic mass is 10.1. The Kier molecular flexibility index (Phi) is 2.63. The molecule has 1 aliphatic carbocycles. The molecule has 0 saturated heterocycles. The Bertz CT molecular complexity index is 543.